The van der Waals surface area contributed by atoms with E-state index in [1.807, 2.05) is 0 Å². The Morgan fingerprint density at radius 1 is 0.435 bits per heavy atom. The molecule has 0 fully saturated rings. The minimum atomic E-state index is -4.93. The van der Waals surface area contributed by atoms with E-state index in [2.05, 4.69) is 0 Å². The summed E-state index contributed by atoms with van der Waals surface area (Å²) in [5.41, 5.74) is -1.77. The van der Waals surface area contributed by atoms with Gasteiger partial charge in [0.15, 0.2) is 0 Å². The molecular formula is C28H40Cl2O12S4. The molecule has 0 aromatic heterocycles. The fraction of sp³-hybridized carbons (Fsp3) is 0.571. The Hall–Kier alpha value is -1.34. The summed E-state index contributed by atoms with van der Waals surface area (Å²) in [7, 11) is -19.7. The molecule has 0 atom stereocenters. The Balaban J connectivity index is 3.27. The van der Waals surface area contributed by atoms with Gasteiger partial charge in [0.25, 0.3) is 40.5 Å². The lowest BCUT2D eigenvalue weighted by atomic mass is 10.1. The summed E-state index contributed by atoms with van der Waals surface area (Å²) < 4.78 is 130. The van der Waals surface area contributed by atoms with Crippen molar-refractivity contribution in [3.63, 3.8) is 0 Å². The predicted molar refractivity (Wildman–Crippen MR) is 174 cm³/mol. The number of hydrogen-bond acceptors (Lipinski definition) is 12. The van der Waals surface area contributed by atoms with Crippen LogP contribution in [0, 0.1) is 0 Å². The molecule has 0 saturated carbocycles. The zero-order chi connectivity index (χ0) is 34.8. The molecular weight excluding hydrogens is 727 g/mol. The van der Waals surface area contributed by atoms with Crippen LogP contribution in [-0.4, -0.2) is 60.1 Å². The van der Waals surface area contributed by atoms with Gasteiger partial charge >= 0.3 is 0 Å². The molecule has 0 spiro atoms. The van der Waals surface area contributed by atoms with E-state index in [9.17, 15) is 33.7 Å². The first-order valence-corrected chi connectivity index (χ1v) is 21.1. The van der Waals surface area contributed by atoms with E-state index in [0.29, 0.717) is 25.7 Å². The van der Waals surface area contributed by atoms with Gasteiger partial charge in [-0.25, -0.2) is 0 Å². The molecule has 46 heavy (non-hydrogen) atoms. The summed E-state index contributed by atoms with van der Waals surface area (Å²) in [6.45, 7) is 5.81. The molecule has 0 unspecified atom stereocenters. The molecule has 2 rings (SSSR count). The van der Waals surface area contributed by atoms with Gasteiger partial charge in [0.1, 0.15) is 19.6 Å². The number of benzene rings is 2. The van der Waals surface area contributed by atoms with Crippen molar-refractivity contribution in [2.24, 2.45) is 0 Å². The minimum Gasteiger partial charge on any atom is -0.266 e. The number of rotatable bonds is 21. The van der Waals surface area contributed by atoms with Crippen LogP contribution in [0.2, 0.25) is 10.0 Å². The first kappa shape index (κ1) is 40.8. The second-order valence-corrected chi connectivity index (χ2v) is 17.3. The summed E-state index contributed by atoms with van der Waals surface area (Å²) in [5, 5.41) is -0.805. The normalized spacial score (nSPS) is 12.9. The van der Waals surface area contributed by atoms with Crippen LogP contribution < -0.4 is 0 Å². The maximum absolute atomic E-state index is 13.7. The summed E-state index contributed by atoms with van der Waals surface area (Å²) in [5.74, 6) is 0. The molecule has 0 N–H and O–H groups in total. The van der Waals surface area contributed by atoms with Crippen LogP contribution in [0.1, 0.15) is 79.1 Å². The predicted octanol–water partition coefficient (Wildman–Crippen LogP) is 6.68. The maximum atomic E-state index is 13.7. The van der Waals surface area contributed by atoms with Gasteiger partial charge in [0.2, 0.25) is 0 Å². The molecule has 0 bridgehead atoms. The number of hydrogen-bond donors (Lipinski definition) is 0. The van der Waals surface area contributed by atoms with Gasteiger partial charge in [-0.15, -0.1) is 0 Å². The second kappa shape index (κ2) is 17.9. The zero-order valence-corrected chi connectivity index (χ0v) is 30.9. The number of halogens is 2. The van der Waals surface area contributed by atoms with Gasteiger partial charge in [-0.05, 0) is 49.9 Å². The maximum Gasteiger partial charge on any atom is 0.297 e. The van der Waals surface area contributed by atoms with Crippen molar-refractivity contribution in [1.29, 1.82) is 0 Å². The fourth-order valence-corrected chi connectivity index (χ4v) is 9.52. The van der Waals surface area contributed by atoms with E-state index in [1.54, 1.807) is 27.7 Å². The third-order valence-corrected chi connectivity index (χ3v) is 12.1. The van der Waals surface area contributed by atoms with Gasteiger partial charge in [0.05, 0.1) is 26.4 Å². The van der Waals surface area contributed by atoms with Crippen molar-refractivity contribution in [3.05, 3.63) is 34.3 Å². The topological polar surface area (TPSA) is 173 Å². The van der Waals surface area contributed by atoms with Crippen molar-refractivity contribution in [2.45, 2.75) is 98.6 Å². The van der Waals surface area contributed by atoms with Gasteiger partial charge in [-0.3, -0.25) is 16.7 Å². The third kappa shape index (κ3) is 10.8. The third-order valence-electron chi connectivity index (χ3n) is 6.33. The summed E-state index contributed by atoms with van der Waals surface area (Å²) >= 11 is 12.5. The highest BCUT2D eigenvalue weighted by molar-refractivity contribution is 7.88. The highest BCUT2D eigenvalue weighted by Gasteiger charge is 2.38. The molecule has 262 valence electrons. The van der Waals surface area contributed by atoms with Crippen molar-refractivity contribution >= 4 is 63.7 Å². The van der Waals surface area contributed by atoms with E-state index in [4.69, 9.17) is 39.9 Å². The monoisotopic (exact) mass is 766 g/mol. The highest BCUT2D eigenvalue weighted by atomic mass is 35.5. The van der Waals surface area contributed by atoms with Crippen LogP contribution in [0.25, 0.3) is 11.1 Å². The van der Waals surface area contributed by atoms with Crippen molar-refractivity contribution in [2.75, 3.05) is 26.4 Å². The molecule has 0 aliphatic rings. The minimum absolute atomic E-state index is 0.289. The van der Waals surface area contributed by atoms with Crippen LogP contribution in [0.15, 0.2) is 43.8 Å². The lowest BCUT2D eigenvalue weighted by Crippen LogP contribution is -2.18. The Morgan fingerprint density at radius 2 is 0.630 bits per heavy atom. The van der Waals surface area contributed by atoms with Gasteiger partial charge in [-0.1, -0.05) is 76.6 Å². The summed E-state index contributed by atoms with van der Waals surface area (Å²) in [6, 6.07) is 3.34. The average Bonchev–Trinajstić information content (AvgIpc) is 2.97. The molecule has 0 saturated heterocycles. The Morgan fingerprint density at radius 3 is 0.804 bits per heavy atom. The SMILES string of the molecule is CCCCOS(=O)(=O)c1cc(Cl)cc(S(=O)(=O)OCCCC)c1-c1c(S(=O)(=O)OCCCC)cc(Cl)cc1S(=O)(=O)OCCCC. The molecule has 0 amide bonds. The van der Waals surface area contributed by atoms with Crippen molar-refractivity contribution < 1.29 is 50.4 Å². The molecule has 12 nitrogen and oxygen atoms in total. The van der Waals surface area contributed by atoms with E-state index in [-0.39, 0.29) is 52.1 Å². The quantitative estimate of drug-likeness (QED) is 0.0975. The van der Waals surface area contributed by atoms with Crippen LogP contribution in [0.4, 0.5) is 0 Å². The Bertz CT molecular complexity index is 1520. The molecule has 0 aliphatic heterocycles. The summed E-state index contributed by atoms with van der Waals surface area (Å²) in [6.07, 6.45) is 3.30. The lowest BCUT2D eigenvalue weighted by molar-refractivity contribution is 0.307. The average molecular weight is 768 g/mol. The smallest absolute Gasteiger partial charge is 0.266 e. The number of unbranched alkanes of at least 4 members (excludes halogenated alkanes) is 4. The van der Waals surface area contributed by atoms with E-state index >= 15 is 0 Å². The highest BCUT2D eigenvalue weighted by Crippen LogP contribution is 2.45. The molecule has 0 aliphatic carbocycles. The zero-order valence-electron chi connectivity index (χ0n) is 26.1. The van der Waals surface area contributed by atoms with Gasteiger partial charge < -0.3 is 0 Å². The molecule has 2 aromatic carbocycles. The van der Waals surface area contributed by atoms with E-state index in [1.165, 1.54) is 0 Å². The standard InChI is InChI=1S/C28H40Cl2O12S4/c1-5-9-13-39-43(31,32)23-17-21(29)18-24(44(33,34)40-14-10-6-2)27(23)28-25(45(35,36)41-15-11-7-3)19-22(30)20-26(28)46(37,38)42-16-12-8-4/h17-20H,5-16H2,1-4H3. The lowest BCUT2D eigenvalue weighted by Gasteiger charge is -2.21. The first-order valence-electron chi connectivity index (χ1n) is 14.7. The van der Waals surface area contributed by atoms with Crippen molar-refractivity contribution in [1.82, 2.24) is 0 Å². The van der Waals surface area contributed by atoms with Gasteiger partial charge in [-0.2, -0.15) is 33.7 Å². The molecule has 18 heteroatoms. The second-order valence-electron chi connectivity index (χ2n) is 10.1. The Labute approximate surface area is 283 Å². The van der Waals surface area contributed by atoms with E-state index < -0.39 is 81.2 Å². The van der Waals surface area contributed by atoms with Gasteiger partial charge in [0, 0.05) is 21.2 Å². The van der Waals surface area contributed by atoms with Crippen LogP contribution in [-0.2, 0) is 57.2 Å². The molecule has 0 radical (unpaired) electrons. The van der Waals surface area contributed by atoms with Crippen LogP contribution in [0.3, 0.4) is 0 Å². The fourth-order valence-electron chi connectivity index (χ4n) is 3.90. The Kier molecular flexibility index (Phi) is 15.9. The van der Waals surface area contributed by atoms with Crippen LogP contribution in [0.5, 0.6) is 0 Å². The molecule has 0 heterocycles. The van der Waals surface area contributed by atoms with Crippen LogP contribution >= 0.6 is 23.2 Å². The largest absolute Gasteiger partial charge is 0.297 e. The summed E-state index contributed by atoms with van der Waals surface area (Å²) in [4.78, 5) is -3.70. The molecule has 2 aromatic rings. The van der Waals surface area contributed by atoms with Crippen molar-refractivity contribution in [3.8, 4) is 11.1 Å². The first-order chi connectivity index (χ1) is 21.5. The van der Waals surface area contributed by atoms with E-state index in [0.717, 1.165) is 24.3 Å².